The highest BCUT2D eigenvalue weighted by molar-refractivity contribution is 7.98. The predicted molar refractivity (Wildman–Crippen MR) is 65.0 cm³/mol. The molecule has 1 aromatic carbocycles. The highest BCUT2D eigenvalue weighted by Gasteiger charge is 2.14. The summed E-state index contributed by atoms with van der Waals surface area (Å²) in [7, 11) is 0. The van der Waals surface area contributed by atoms with Crippen molar-refractivity contribution in [2.45, 2.75) is 12.7 Å². The number of carboxylic acids is 1. The van der Waals surface area contributed by atoms with Crippen LogP contribution in [0.4, 0.5) is 0 Å². The van der Waals surface area contributed by atoms with E-state index in [-0.39, 0.29) is 0 Å². The Balaban J connectivity index is 2.54. The van der Waals surface area contributed by atoms with Crippen LogP contribution in [0.2, 0.25) is 0 Å². The van der Waals surface area contributed by atoms with Gasteiger partial charge < -0.3 is 9.52 Å². The molecule has 0 atom stereocenters. The molecule has 0 fully saturated rings. The lowest BCUT2D eigenvalue weighted by molar-refractivity contribution is 0.0699. The van der Waals surface area contributed by atoms with E-state index in [1.807, 2.05) is 0 Å². The minimum Gasteiger partial charge on any atom is -0.478 e. The zero-order chi connectivity index (χ0) is 11.5. The van der Waals surface area contributed by atoms with E-state index in [1.54, 1.807) is 36.2 Å². The van der Waals surface area contributed by atoms with Crippen LogP contribution in [-0.4, -0.2) is 16.8 Å². The van der Waals surface area contributed by atoms with Crippen LogP contribution < -0.4 is 0 Å². The molecule has 0 radical (unpaired) electrons. The molecule has 0 aliphatic carbocycles. The Morgan fingerprint density at radius 3 is 3.00 bits per heavy atom. The van der Waals surface area contributed by atoms with Gasteiger partial charge in [0.15, 0.2) is 0 Å². The SMILES string of the molecule is CCSCc1coc2cccc(C(=O)O)c12. The van der Waals surface area contributed by atoms with E-state index in [2.05, 4.69) is 6.92 Å². The van der Waals surface area contributed by atoms with E-state index < -0.39 is 5.97 Å². The molecule has 2 rings (SSSR count). The highest BCUT2D eigenvalue weighted by Crippen LogP contribution is 2.28. The lowest BCUT2D eigenvalue weighted by Gasteiger charge is -2.00. The summed E-state index contributed by atoms with van der Waals surface area (Å²) in [5.41, 5.74) is 1.92. The number of hydrogen-bond acceptors (Lipinski definition) is 3. The first-order chi connectivity index (χ1) is 7.74. The molecule has 0 aliphatic rings. The highest BCUT2D eigenvalue weighted by atomic mass is 32.2. The summed E-state index contributed by atoms with van der Waals surface area (Å²) in [5, 5.41) is 9.83. The quantitative estimate of drug-likeness (QED) is 0.884. The Morgan fingerprint density at radius 2 is 2.31 bits per heavy atom. The zero-order valence-electron chi connectivity index (χ0n) is 8.90. The number of fused-ring (bicyclic) bond motifs is 1. The fourth-order valence-electron chi connectivity index (χ4n) is 1.65. The van der Waals surface area contributed by atoms with E-state index in [0.717, 1.165) is 22.5 Å². The molecule has 84 valence electrons. The molecule has 2 aromatic rings. The Morgan fingerprint density at radius 1 is 1.50 bits per heavy atom. The van der Waals surface area contributed by atoms with Crippen LogP contribution in [0.5, 0.6) is 0 Å². The van der Waals surface area contributed by atoms with Gasteiger partial charge in [0.1, 0.15) is 5.58 Å². The van der Waals surface area contributed by atoms with Crippen LogP contribution >= 0.6 is 11.8 Å². The van der Waals surface area contributed by atoms with Crippen molar-refractivity contribution >= 4 is 28.7 Å². The Hall–Kier alpha value is -1.42. The minimum atomic E-state index is -0.908. The van der Waals surface area contributed by atoms with Crippen LogP contribution in [0.25, 0.3) is 11.0 Å². The lowest BCUT2D eigenvalue weighted by Crippen LogP contribution is -1.97. The second-order valence-electron chi connectivity index (χ2n) is 3.38. The van der Waals surface area contributed by atoms with Crippen molar-refractivity contribution in [3.8, 4) is 0 Å². The van der Waals surface area contributed by atoms with Gasteiger partial charge in [-0.3, -0.25) is 0 Å². The summed E-state index contributed by atoms with van der Waals surface area (Å²) in [6.45, 7) is 2.07. The number of hydrogen-bond donors (Lipinski definition) is 1. The van der Waals surface area contributed by atoms with Crippen molar-refractivity contribution in [1.82, 2.24) is 0 Å². The third-order valence-corrected chi connectivity index (χ3v) is 3.29. The summed E-state index contributed by atoms with van der Waals surface area (Å²) in [6.07, 6.45) is 1.65. The molecule has 3 nitrogen and oxygen atoms in total. The molecule has 16 heavy (non-hydrogen) atoms. The molecular formula is C12H12O3S. The fraction of sp³-hybridized carbons (Fsp3) is 0.250. The number of furan rings is 1. The van der Waals surface area contributed by atoms with Crippen LogP contribution in [0.1, 0.15) is 22.8 Å². The molecule has 0 amide bonds. The summed E-state index contributed by atoms with van der Waals surface area (Å²) in [5.74, 6) is 0.880. The second-order valence-corrected chi connectivity index (χ2v) is 4.66. The summed E-state index contributed by atoms with van der Waals surface area (Å²) in [4.78, 5) is 11.1. The normalized spacial score (nSPS) is 10.8. The van der Waals surface area contributed by atoms with Gasteiger partial charge in [-0.2, -0.15) is 11.8 Å². The number of benzene rings is 1. The maximum atomic E-state index is 11.1. The molecular weight excluding hydrogens is 224 g/mol. The van der Waals surface area contributed by atoms with Crippen molar-refractivity contribution in [3.05, 3.63) is 35.6 Å². The molecule has 0 saturated heterocycles. The van der Waals surface area contributed by atoms with Gasteiger partial charge in [0, 0.05) is 16.7 Å². The van der Waals surface area contributed by atoms with Crippen molar-refractivity contribution in [2.24, 2.45) is 0 Å². The van der Waals surface area contributed by atoms with Crippen LogP contribution in [-0.2, 0) is 5.75 Å². The molecule has 1 N–H and O–H groups in total. The molecule has 0 unspecified atom stereocenters. The predicted octanol–water partition coefficient (Wildman–Crippen LogP) is 3.38. The average molecular weight is 236 g/mol. The van der Waals surface area contributed by atoms with Crippen molar-refractivity contribution < 1.29 is 14.3 Å². The summed E-state index contributed by atoms with van der Waals surface area (Å²) < 4.78 is 5.36. The van der Waals surface area contributed by atoms with E-state index in [9.17, 15) is 4.79 Å². The largest absolute Gasteiger partial charge is 0.478 e. The van der Waals surface area contributed by atoms with Gasteiger partial charge in [-0.15, -0.1) is 0 Å². The molecule has 1 aromatic heterocycles. The standard InChI is InChI=1S/C12H12O3S/c1-2-16-7-8-6-15-10-5-3-4-9(11(8)10)12(13)14/h3-6H,2,7H2,1H3,(H,13,14). The third-order valence-electron chi connectivity index (χ3n) is 2.37. The lowest BCUT2D eigenvalue weighted by atomic mass is 10.1. The third kappa shape index (κ3) is 1.93. The first kappa shape index (κ1) is 11.1. The monoisotopic (exact) mass is 236 g/mol. The molecule has 1 heterocycles. The van der Waals surface area contributed by atoms with Crippen molar-refractivity contribution in [2.75, 3.05) is 5.75 Å². The second kappa shape index (κ2) is 4.61. The smallest absolute Gasteiger partial charge is 0.336 e. The van der Waals surface area contributed by atoms with Crippen molar-refractivity contribution in [1.29, 1.82) is 0 Å². The van der Waals surface area contributed by atoms with Crippen LogP contribution in [0, 0.1) is 0 Å². The fourth-order valence-corrected chi connectivity index (χ4v) is 2.29. The maximum absolute atomic E-state index is 11.1. The van der Waals surface area contributed by atoms with Gasteiger partial charge in [0.2, 0.25) is 0 Å². The van der Waals surface area contributed by atoms with Gasteiger partial charge in [-0.25, -0.2) is 4.79 Å². The van der Waals surface area contributed by atoms with Crippen LogP contribution in [0.3, 0.4) is 0 Å². The van der Waals surface area contributed by atoms with Crippen LogP contribution in [0.15, 0.2) is 28.9 Å². The summed E-state index contributed by atoms with van der Waals surface area (Å²) >= 11 is 1.75. The van der Waals surface area contributed by atoms with Gasteiger partial charge in [-0.1, -0.05) is 13.0 Å². The van der Waals surface area contributed by atoms with Gasteiger partial charge in [-0.05, 0) is 17.9 Å². The topological polar surface area (TPSA) is 50.4 Å². The van der Waals surface area contributed by atoms with Gasteiger partial charge >= 0.3 is 5.97 Å². The Kier molecular flexibility index (Phi) is 3.19. The van der Waals surface area contributed by atoms with Gasteiger partial charge in [0.05, 0.1) is 11.8 Å². The van der Waals surface area contributed by atoms with E-state index in [1.165, 1.54) is 0 Å². The maximum Gasteiger partial charge on any atom is 0.336 e. The number of carboxylic acid groups (broad SMARTS) is 1. The molecule has 0 bridgehead atoms. The average Bonchev–Trinajstić information content (AvgIpc) is 2.69. The van der Waals surface area contributed by atoms with E-state index in [0.29, 0.717) is 11.1 Å². The number of thioether (sulfide) groups is 1. The number of carbonyl (C=O) groups is 1. The summed E-state index contributed by atoms with van der Waals surface area (Å²) in [6, 6.07) is 5.11. The first-order valence-corrected chi connectivity index (χ1v) is 6.19. The minimum absolute atomic E-state index is 0.318. The molecule has 4 heteroatoms. The Bertz CT molecular complexity index is 516. The van der Waals surface area contributed by atoms with E-state index >= 15 is 0 Å². The van der Waals surface area contributed by atoms with Crippen molar-refractivity contribution in [3.63, 3.8) is 0 Å². The van der Waals surface area contributed by atoms with E-state index in [4.69, 9.17) is 9.52 Å². The van der Waals surface area contributed by atoms with Gasteiger partial charge in [0.25, 0.3) is 0 Å². The molecule has 0 aliphatic heterocycles. The number of aromatic carboxylic acids is 1. The Labute approximate surface area is 97.4 Å². The zero-order valence-corrected chi connectivity index (χ0v) is 9.71. The molecule has 0 spiro atoms. The first-order valence-electron chi connectivity index (χ1n) is 5.04. The number of rotatable bonds is 4. The molecule has 0 saturated carbocycles.